The SMILES string of the molecule is CC(C)C(Cl)CCc1cncc2ccccc12. The summed E-state index contributed by atoms with van der Waals surface area (Å²) in [6.45, 7) is 4.33. The second-order valence-electron chi connectivity index (χ2n) is 4.82. The van der Waals surface area contributed by atoms with Crippen LogP contribution in [0.25, 0.3) is 10.8 Å². The molecule has 2 rings (SSSR count). The van der Waals surface area contributed by atoms with E-state index in [1.807, 2.05) is 18.5 Å². The second kappa shape index (κ2) is 5.50. The lowest BCUT2D eigenvalue weighted by molar-refractivity contribution is 0.566. The molecule has 1 aromatic carbocycles. The molecule has 0 amide bonds. The van der Waals surface area contributed by atoms with Crippen LogP contribution in [0, 0.1) is 5.92 Å². The van der Waals surface area contributed by atoms with E-state index in [1.54, 1.807) is 0 Å². The lowest BCUT2D eigenvalue weighted by Crippen LogP contribution is -2.09. The highest BCUT2D eigenvalue weighted by Crippen LogP contribution is 2.21. The topological polar surface area (TPSA) is 12.9 Å². The number of hydrogen-bond donors (Lipinski definition) is 0. The van der Waals surface area contributed by atoms with Crippen LogP contribution in [0.15, 0.2) is 36.7 Å². The number of aryl methyl sites for hydroxylation is 1. The molecule has 1 atom stereocenters. The van der Waals surface area contributed by atoms with Gasteiger partial charge in [0.25, 0.3) is 0 Å². The minimum Gasteiger partial charge on any atom is -0.264 e. The number of hydrogen-bond acceptors (Lipinski definition) is 1. The third kappa shape index (κ3) is 2.98. The molecular weight excluding hydrogens is 230 g/mol. The van der Waals surface area contributed by atoms with Crippen molar-refractivity contribution in [3.05, 3.63) is 42.2 Å². The van der Waals surface area contributed by atoms with E-state index >= 15 is 0 Å². The van der Waals surface area contributed by atoms with Crippen LogP contribution in [0.2, 0.25) is 0 Å². The number of alkyl halides is 1. The van der Waals surface area contributed by atoms with E-state index in [2.05, 4.69) is 37.0 Å². The van der Waals surface area contributed by atoms with Crippen LogP contribution in [0.3, 0.4) is 0 Å². The van der Waals surface area contributed by atoms with Gasteiger partial charge in [0, 0.05) is 23.2 Å². The summed E-state index contributed by atoms with van der Waals surface area (Å²) in [5.74, 6) is 0.527. The maximum Gasteiger partial charge on any atom is 0.0362 e. The zero-order valence-electron chi connectivity index (χ0n) is 10.4. The smallest absolute Gasteiger partial charge is 0.0362 e. The molecule has 0 saturated carbocycles. The van der Waals surface area contributed by atoms with Gasteiger partial charge in [-0.1, -0.05) is 38.1 Å². The Morgan fingerprint density at radius 1 is 1.18 bits per heavy atom. The van der Waals surface area contributed by atoms with Crippen LogP contribution in [0.4, 0.5) is 0 Å². The summed E-state index contributed by atoms with van der Waals surface area (Å²) < 4.78 is 0. The molecule has 1 nitrogen and oxygen atoms in total. The van der Waals surface area contributed by atoms with Crippen molar-refractivity contribution in [3.8, 4) is 0 Å². The van der Waals surface area contributed by atoms with Gasteiger partial charge in [0.2, 0.25) is 0 Å². The standard InChI is InChI=1S/C15H18ClN/c1-11(2)15(16)8-7-13-10-17-9-12-5-3-4-6-14(12)13/h3-6,9-11,15H,7-8H2,1-2H3. The molecule has 17 heavy (non-hydrogen) atoms. The molecule has 2 aromatic rings. The largest absolute Gasteiger partial charge is 0.264 e. The first-order chi connectivity index (χ1) is 8.18. The highest BCUT2D eigenvalue weighted by atomic mass is 35.5. The molecule has 0 aliphatic heterocycles. The van der Waals surface area contributed by atoms with Crippen molar-refractivity contribution in [1.82, 2.24) is 4.98 Å². The average Bonchev–Trinajstić information content (AvgIpc) is 2.35. The van der Waals surface area contributed by atoms with Gasteiger partial charge in [0.05, 0.1) is 0 Å². The summed E-state index contributed by atoms with van der Waals surface area (Å²) in [6, 6.07) is 8.39. The highest BCUT2D eigenvalue weighted by Gasteiger charge is 2.10. The maximum absolute atomic E-state index is 6.30. The average molecular weight is 248 g/mol. The first-order valence-corrected chi connectivity index (χ1v) is 6.58. The normalized spacial score (nSPS) is 13.2. The molecule has 0 fully saturated rings. The van der Waals surface area contributed by atoms with Crippen molar-refractivity contribution < 1.29 is 0 Å². The Hall–Kier alpha value is -1.08. The minimum absolute atomic E-state index is 0.244. The number of pyridine rings is 1. The van der Waals surface area contributed by atoms with E-state index in [4.69, 9.17) is 11.6 Å². The number of nitrogens with zero attached hydrogens (tertiary/aromatic N) is 1. The molecule has 0 N–H and O–H groups in total. The van der Waals surface area contributed by atoms with Crippen LogP contribution < -0.4 is 0 Å². The number of aromatic nitrogens is 1. The summed E-state index contributed by atoms with van der Waals surface area (Å²) >= 11 is 6.30. The molecule has 0 radical (unpaired) electrons. The number of halogens is 1. The van der Waals surface area contributed by atoms with Gasteiger partial charge in [0.1, 0.15) is 0 Å². The number of rotatable bonds is 4. The Labute approximate surface area is 108 Å². The number of fused-ring (bicyclic) bond motifs is 1. The Morgan fingerprint density at radius 2 is 1.94 bits per heavy atom. The van der Waals surface area contributed by atoms with E-state index in [9.17, 15) is 0 Å². The van der Waals surface area contributed by atoms with Gasteiger partial charge in [0.15, 0.2) is 0 Å². The third-order valence-electron chi connectivity index (χ3n) is 3.16. The van der Waals surface area contributed by atoms with E-state index in [0.29, 0.717) is 5.92 Å². The van der Waals surface area contributed by atoms with Gasteiger partial charge in [-0.05, 0) is 29.7 Å². The molecule has 1 heterocycles. The Bertz CT molecular complexity index is 488. The fourth-order valence-electron chi connectivity index (χ4n) is 2.01. The van der Waals surface area contributed by atoms with E-state index in [1.165, 1.54) is 16.3 Å². The first kappa shape index (κ1) is 12.4. The quantitative estimate of drug-likeness (QED) is 0.729. The van der Waals surface area contributed by atoms with Gasteiger partial charge in [-0.3, -0.25) is 4.98 Å². The summed E-state index contributed by atoms with van der Waals surface area (Å²) in [7, 11) is 0. The van der Waals surface area contributed by atoms with E-state index in [-0.39, 0.29) is 5.38 Å². The van der Waals surface area contributed by atoms with Crippen LogP contribution in [-0.2, 0) is 6.42 Å². The van der Waals surface area contributed by atoms with Gasteiger partial charge in [-0.25, -0.2) is 0 Å². The molecule has 1 unspecified atom stereocenters. The molecule has 0 spiro atoms. The molecule has 90 valence electrons. The van der Waals surface area contributed by atoms with E-state index < -0.39 is 0 Å². The van der Waals surface area contributed by atoms with Gasteiger partial charge >= 0.3 is 0 Å². The van der Waals surface area contributed by atoms with Crippen molar-refractivity contribution in [2.45, 2.75) is 32.1 Å². The Kier molecular flexibility index (Phi) is 4.01. The third-order valence-corrected chi connectivity index (χ3v) is 3.89. The van der Waals surface area contributed by atoms with Gasteiger partial charge in [-0.2, -0.15) is 0 Å². The van der Waals surface area contributed by atoms with Crippen LogP contribution in [0.5, 0.6) is 0 Å². The Balaban J connectivity index is 2.19. The second-order valence-corrected chi connectivity index (χ2v) is 5.38. The number of benzene rings is 1. The summed E-state index contributed by atoms with van der Waals surface area (Å²) in [5, 5.41) is 2.75. The zero-order chi connectivity index (χ0) is 12.3. The molecule has 1 aromatic heterocycles. The molecule has 0 bridgehead atoms. The fourth-order valence-corrected chi connectivity index (χ4v) is 2.11. The van der Waals surface area contributed by atoms with Crippen molar-refractivity contribution >= 4 is 22.4 Å². The maximum atomic E-state index is 6.30. The molecule has 0 saturated heterocycles. The van der Waals surface area contributed by atoms with Crippen molar-refractivity contribution in [1.29, 1.82) is 0 Å². The fraction of sp³-hybridized carbons (Fsp3) is 0.400. The van der Waals surface area contributed by atoms with Crippen molar-refractivity contribution in [2.24, 2.45) is 5.92 Å². The monoisotopic (exact) mass is 247 g/mol. The van der Waals surface area contributed by atoms with Crippen LogP contribution >= 0.6 is 11.6 Å². The van der Waals surface area contributed by atoms with Crippen LogP contribution in [-0.4, -0.2) is 10.4 Å². The molecular formula is C15H18ClN. The predicted molar refractivity (Wildman–Crippen MR) is 74.5 cm³/mol. The van der Waals surface area contributed by atoms with Gasteiger partial charge < -0.3 is 0 Å². The van der Waals surface area contributed by atoms with E-state index in [0.717, 1.165) is 12.8 Å². The Morgan fingerprint density at radius 3 is 2.71 bits per heavy atom. The highest BCUT2D eigenvalue weighted by molar-refractivity contribution is 6.20. The predicted octanol–water partition coefficient (Wildman–Crippen LogP) is 4.43. The zero-order valence-corrected chi connectivity index (χ0v) is 11.1. The first-order valence-electron chi connectivity index (χ1n) is 6.14. The lowest BCUT2D eigenvalue weighted by Gasteiger charge is -2.13. The summed E-state index contributed by atoms with van der Waals surface area (Å²) in [4.78, 5) is 4.29. The van der Waals surface area contributed by atoms with Crippen molar-refractivity contribution in [2.75, 3.05) is 0 Å². The summed E-state index contributed by atoms with van der Waals surface area (Å²) in [6.07, 6.45) is 5.89. The van der Waals surface area contributed by atoms with Crippen LogP contribution in [0.1, 0.15) is 25.8 Å². The molecule has 0 aliphatic carbocycles. The molecule has 2 heteroatoms. The summed E-state index contributed by atoms with van der Waals surface area (Å²) in [5.41, 5.74) is 1.30. The molecule has 0 aliphatic rings. The van der Waals surface area contributed by atoms with Gasteiger partial charge in [-0.15, -0.1) is 11.6 Å². The van der Waals surface area contributed by atoms with Crippen molar-refractivity contribution in [3.63, 3.8) is 0 Å². The lowest BCUT2D eigenvalue weighted by atomic mass is 9.99. The minimum atomic E-state index is 0.244.